The van der Waals surface area contributed by atoms with E-state index in [4.69, 9.17) is 5.11 Å². The molecule has 0 saturated carbocycles. The SMILES string of the molecule is O=C(O)CCNCc1ccc([S+]([O-])Cc2ccc(-c3ccccc3)c(C(F)(F)F)c2)cc1. The summed E-state index contributed by atoms with van der Waals surface area (Å²) in [5, 5.41) is 11.6. The monoisotopic (exact) mass is 461 g/mol. The van der Waals surface area contributed by atoms with Gasteiger partial charge in [0, 0.05) is 18.7 Å². The van der Waals surface area contributed by atoms with Gasteiger partial charge in [-0.3, -0.25) is 4.79 Å². The van der Waals surface area contributed by atoms with Crippen molar-refractivity contribution in [2.45, 2.75) is 29.8 Å². The molecule has 0 aliphatic carbocycles. The lowest BCUT2D eigenvalue weighted by Gasteiger charge is -2.16. The maximum Gasteiger partial charge on any atom is 0.417 e. The van der Waals surface area contributed by atoms with Crippen molar-refractivity contribution in [1.29, 1.82) is 0 Å². The van der Waals surface area contributed by atoms with E-state index in [9.17, 15) is 22.5 Å². The zero-order chi connectivity index (χ0) is 23.1. The van der Waals surface area contributed by atoms with E-state index in [0.29, 0.717) is 29.1 Å². The maximum atomic E-state index is 13.7. The molecule has 1 atom stereocenters. The van der Waals surface area contributed by atoms with Crippen LogP contribution in [0.1, 0.15) is 23.1 Å². The normalized spacial score (nSPS) is 12.5. The lowest BCUT2D eigenvalue weighted by atomic mass is 9.97. The largest absolute Gasteiger partial charge is 0.611 e. The molecule has 4 nitrogen and oxygen atoms in total. The molecule has 0 aromatic heterocycles. The molecule has 0 aliphatic rings. The van der Waals surface area contributed by atoms with E-state index in [0.717, 1.165) is 11.6 Å². The van der Waals surface area contributed by atoms with Crippen LogP contribution in [0.4, 0.5) is 13.2 Å². The second-order valence-electron chi connectivity index (χ2n) is 7.20. The van der Waals surface area contributed by atoms with Crippen LogP contribution in [0.25, 0.3) is 11.1 Å². The van der Waals surface area contributed by atoms with E-state index in [1.54, 1.807) is 60.7 Å². The fourth-order valence-corrected chi connectivity index (χ4v) is 4.30. The molecular formula is C24H22F3NO3S. The Morgan fingerprint density at radius 3 is 2.25 bits per heavy atom. The summed E-state index contributed by atoms with van der Waals surface area (Å²) in [4.78, 5) is 11.0. The fraction of sp³-hybridized carbons (Fsp3) is 0.208. The summed E-state index contributed by atoms with van der Waals surface area (Å²) in [6.07, 6.45) is -4.51. The van der Waals surface area contributed by atoms with Crippen molar-refractivity contribution in [3.05, 3.63) is 89.5 Å². The molecule has 32 heavy (non-hydrogen) atoms. The predicted molar refractivity (Wildman–Crippen MR) is 117 cm³/mol. The number of benzene rings is 3. The predicted octanol–water partition coefficient (Wildman–Crippen LogP) is 5.24. The third kappa shape index (κ3) is 6.59. The first kappa shape index (κ1) is 23.8. The Bertz CT molecular complexity index is 1040. The van der Waals surface area contributed by atoms with Crippen LogP contribution in [-0.4, -0.2) is 22.2 Å². The highest BCUT2D eigenvalue weighted by Gasteiger charge is 2.34. The Labute approximate surface area is 187 Å². The third-order valence-corrected chi connectivity index (χ3v) is 6.20. The summed E-state index contributed by atoms with van der Waals surface area (Å²) in [6, 6.07) is 19.3. The molecule has 0 bridgehead atoms. The minimum Gasteiger partial charge on any atom is -0.611 e. The summed E-state index contributed by atoms with van der Waals surface area (Å²) >= 11 is -1.51. The van der Waals surface area contributed by atoms with E-state index < -0.39 is 28.9 Å². The van der Waals surface area contributed by atoms with Gasteiger partial charge in [-0.2, -0.15) is 13.2 Å². The number of aliphatic carboxylic acids is 1. The minimum absolute atomic E-state index is 0.0189. The van der Waals surface area contributed by atoms with Gasteiger partial charge < -0.3 is 15.0 Å². The number of nitrogens with one attached hydrogen (secondary N) is 1. The van der Waals surface area contributed by atoms with Gasteiger partial charge in [0.1, 0.15) is 5.75 Å². The number of carboxylic acid groups (broad SMARTS) is 1. The van der Waals surface area contributed by atoms with Crippen molar-refractivity contribution in [1.82, 2.24) is 5.32 Å². The van der Waals surface area contributed by atoms with E-state index in [1.165, 1.54) is 6.07 Å². The molecule has 0 aliphatic heterocycles. The average Bonchev–Trinajstić information content (AvgIpc) is 2.77. The molecule has 1 unspecified atom stereocenters. The summed E-state index contributed by atoms with van der Waals surface area (Å²) in [5.74, 6) is -0.914. The Morgan fingerprint density at radius 2 is 1.62 bits per heavy atom. The molecule has 8 heteroatoms. The summed E-state index contributed by atoms with van der Waals surface area (Å²) in [6.45, 7) is 0.805. The van der Waals surface area contributed by atoms with Crippen molar-refractivity contribution in [3.63, 3.8) is 0 Å². The maximum absolute atomic E-state index is 13.7. The van der Waals surface area contributed by atoms with E-state index >= 15 is 0 Å². The Morgan fingerprint density at radius 1 is 0.969 bits per heavy atom. The topological polar surface area (TPSA) is 72.4 Å². The van der Waals surface area contributed by atoms with Gasteiger partial charge in [-0.25, -0.2) is 0 Å². The number of hydrogen-bond donors (Lipinski definition) is 2. The van der Waals surface area contributed by atoms with Gasteiger partial charge in [0.25, 0.3) is 0 Å². The first-order valence-corrected chi connectivity index (χ1v) is 11.2. The quantitative estimate of drug-likeness (QED) is 0.338. The lowest BCUT2D eigenvalue weighted by Crippen LogP contribution is -2.17. The zero-order valence-corrected chi connectivity index (χ0v) is 17.9. The average molecular weight is 462 g/mol. The van der Waals surface area contributed by atoms with Gasteiger partial charge in [-0.1, -0.05) is 54.6 Å². The second-order valence-corrected chi connectivity index (χ2v) is 8.65. The minimum atomic E-state index is -4.53. The summed E-state index contributed by atoms with van der Waals surface area (Å²) in [7, 11) is 0. The van der Waals surface area contributed by atoms with E-state index in [-0.39, 0.29) is 17.7 Å². The highest BCUT2D eigenvalue weighted by atomic mass is 32.2. The highest BCUT2D eigenvalue weighted by molar-refractivity contribution is 7.90. The van der Waals surface area contributed by atoms with Gasteiger partial charge in [0.15, 0.2) is 4.90 Å². The van der Waals surface area contributed by atoms with Crippen LogP contribution in [0.15, 0.2) is 77.7 Å². The molecule has 168 valence electrons. The molecular weight excluding hydrogens is 439 g/mol. The molecule has 0 fully saturated rings. The number of carbonyl (C=O) groups is 1. The number of alkyl halides is 3. The summed E-state index contributed by atoms with van der Waals surface area (Å²) in [5.41, 5.74) is 1.05. The molecule has 2 N–H and O–H groups in total. The van der Waals surface area contributed by atoms with E-state index in [2.05, 4.69) is 5.32 Å². The van der Waals surface area contributed by atoms with Crippen LogP contribution in [0, 0.1) is 0 Å². The lowest BCUT2D eigenvalue weighted by molar-refractivity contribution is -0.137. The third-order valence-electron chi connectivity index (χ3n) is 4.80. The fourth-order valence-electron chi connectivity index (χ4n) is 3.21. The first-order valence-electron chi connectivity index (χ1n) is 9.89. The smallest absolute Gasteiger partial charge is 0.417 e. The van der Waals surface area contributed by atoms with Gasteiger partial charge in [0.2, 0.25) is 0 Å². The van der Waals surface area contributed by atoms with Gasteiger partial charge in [-0.05, 0) is 46.1 Å². The van der Waals surface area contributed by atoms with Crippen LogP contribution in [0.5, 0.6) is 0 Å². The van der Waals surface area contributed by atoms with Crippen LogP contribution >= 0.6 is 0 Å². The highest BCUT2D eigenvalue weighted by Crippen LogP contribution is 2.38. The van der Waals surface area contributed by atoms with Crippen LogP contribution < -0.4 is 5.32 Å². The molecule has 0 spiro atoms. The Balaban J connectivity index is 1.70. The summed E-state index contributed by atoms with van der Waals surface area (Å²) < 4.78 is 53.8. The zero-order valence-electron chi connectivity index (χ0n) is 17.1. The van der Waals surface area contributed by atoms with Crippen LogP contribution in [0.3, 0.4) is 0 Å². The molecule has 0 heterocycles. The number of halogens is 3. The molecule has 0 amide bonds. The molecule has 0 saturated heterocycles. The molecule has 0 radical (unpaired) electrons. The molecule has 3 aromatic rings. The van der Waals surface area contributed by atoms with Gasteiger partial charge in [0.05, 0.1) is 12.0 Å². The standard InChI is InChI=1S/C24H22F3NO3S/c25-24(26,27)22-14-18(8-11-21(22)19-4-2-1-3-5-19)16-32(31)20-9-6-17(7-10-20)15-28-13-12-23(29)30/h1-11,14,28H,12-13,15-16H2,(H,29,30). The number of rotatable bonds is 9. The van der Waals surface area contributed by atoms with Crippen molar-refractivity contribution >= 4 is 17.1 Å². The second kappa shape index (κ2) is 10.7. The Hall–Kier alpha value is -2.81. The number of carboxylic acids is 1. The Kier molecular flexibility index (Phi) is 7.95. The number of hydrogen-bond acceptors (Lipinski definition) is 3. The first-order chi connectivity index (χ1) is 15.2. The van der Waals surface area contributed by atoms with Crippen LogP contribution in [-0.2, 0) is 34.4 Å². The van der Waals surface area contributed by atoms with E-state index in [1.807, 2.05) is 0 Å². The molecule has 3 aromatic carbocycles. The van der Waals surface area contributed by atoms with Crippen molar-refractivity contribution in [3.8, 4) is 11.1 Å². The van der Waals surface area contributed by atoms with Crippen molar-refractivity contribution < 1.29 is 27.6 Å². The van der Waals surface area contributed by atoms with Crippen molar-refractivity contribution in [2.75, 3.05) is 6.54 Å². The van der Waals surface area contributed by atoms with Crippen molar-refractivity contribution in [2.24, 2.45) is 0 Å². The van der Waals surface area contributed by atoms with Crippen LogP contribution in [0.2, 0.25) is 0 Å². The van der Waals surface area contributed by atoms with Gasteiger partial charge >= 0.3 is 12.1 Å². The van der Waals surface area contributed by atoms with Gasteiger partial charge in [-0.15, -0.1) is 0 Å². The molecule has 3 rings (SSSR count).